The summed E-state index contributed by atoms with van der Waals surface area (Å²) in [5.74, 6) is 1.94. The van der Waals surface area contributed by atoms with E-state index in [1.165, 1.54) is 17.7 Å². The third kappa shape index (κ3) is 4.02. The predicted molar refractivity (Wildman–Crippen MR) is 71.3 cm³/mol. The average Bonchev–Trinajstić information content (AvgIpc) is 2.38. The maximum atomic E-state index is 9.54. The van der Waals surface area contributed by atoms with Gasteiger partial charge >= 0.3 is 0 Å². The molecule has 94 valence electrons. The van der Waals surface area contributed by atoms with Crippen molar-refractivity contribution in [3.05, 3.63) is 29.8 Å². The molecule has 1 aromatic carbocycles. The largest absolute Gasteiger partial charge is 0.389 e. The van der Waals surface area contributed by atoms with Gasteiger partial charge in [-0.25, -0.2) is 0 Å². The van der Waals surface area contributed by atoms with Crippen LogP contribution in [0.15, 0.2) is 29.2 Å². The lowest BCUT2D eigenvalue weighted by atomic mass is 10.0. The zero-order valence-electron chi connectivity index (χ0n) is 10.3. The monoisotopic (exact) mass is 252 g/mol. The molecule has 0 aromatic heterocycles. The van der Waals surface area contributed by atoms with Crippen LogP contribution in [0.1, 0.15) is 31.4 Å². The normalized spacial score (nSPS) is 19.2. The number of thioether (sulfide) groups is 1. The Hall–Kier alpha value is -0.510. The number of ether oxygens (including phenoxy) is 1. The van der Waals surface area contributed by atoms with Gasteiger partial charge in [0.1, 0.15) is 0 Å². The molecule has 0 saturated carbocycles. The average molecular weight is 252 g/mol. The Morgan fingerprint density at radius 3 is 2.88 bits per heavy atom. The van der Waals surface area contributed by atoms with Crippen molar-refractivity contribution in [2.45, 2.75) is 30.8 Å². The van der Waals surface area contributed by atoms with E-state index in [4.69, 9.17) is 4.74 Å². The standard InChI is InChI=1S/C14H20O2S/c1-11(15)13-3-2-4-14(9-13)17-10-12-5-7-16-8-6-12/h2-4,9,11-12,15H,5-8,10H2,1H3. The van der Waals surface area contributed by atoms with Crippen LogP contribution in [0.25, 0.3) is 0 Å². The SMILES string of the molecule is CC(O)c1cccc(SCC2CCOCC2)c1. The molecule has 1 fully saturated rings. The van der Waals surface area contributed by atoms with E-state index >= 15 is 0 Å². The third-order valence-corrected chi connectivity index (χ3v) is 4.39. The number of hydrogen-bond acceptors (Lipinski definition) is 3. The van der Waals surface area contributed by atoms with E-state index in [0.29, 0.717) is 0 Å². The van der Waals surface area contributed by atoms with Crippen LogP contribution in [-0.4, -0.2) is 24.1 Å². The van der Waals surface area contributed by atoms with Crippen LogP contribution in [0.2, 0.25) is 0 Å². The predicted octanol–water partition coefficient (Wildman–Crippen LogP) is 3.26. The summed E-state index contributed by atoms with van der Waals surface area (Å²) in [6.07, 6.45) is 1.99. The van der Waals surface area contributed by atoms with Crippen LogP contribution in [-0.2, 0) is 4.74 Å². The Morgan fingerprint density at radius 1 is 1.41 bits per heavy atom. The van der Waals surface area contributed by atoms with Gasteiger partial charge in [0.25, 0.3) is 0 Å². The smallest absolute Gasteiger partial charge is 0.0762 e. The Kier molecular flexibility index (Phi) is 4.89. The Labute approximate surface area is 107 Å². The summed E-state index contributed by atoms with van der Waals surface area (Å²) in [6.45, 7) is 3.64. The summed E-state index contributed by atoms with van der Waals surface area (Å²) in [5.41, 5.74) is 1.00. The molecule has 0 bridgehead atoms. The van der Waals surface area contributed by atoms with Crippen molar-refractivity contribution in [3.63, 3.8) is 0 Å². The quantitative estimate of drug-likeness (QED) is 0.834. The van der Waals surface area contributed by atoms with Crippen LogP contribution in [0.3, 0.4) is 0 Å². The van der Waals surface area contributed by atoms with Gasteiger partial charge in [-0.3, -0.25) is 0 Å². The molecule has 2 rings (SSSR count). The van der Waals surface area contributed by atoms with Gasteiger partial charge in [0, 0.05) is 23.9 Å². The lowest BCUT2D eigenvalue weighted by Gasteiger charge is -2.21. The van der Waals surface area contributed by atoms with E-state index in [1.54, 1.807) is 0 Å². The van der Waals surface area contributed by atoms with Crippen molar-refractivity contribution in [3.8, 4) is 0 Å². The molecule has 1 aliphatic rings. The molecular weight excluding hydrogens is 232 g/mol. The number of aliphatic hydroxyl groups is 1. The first-order valence-electron chi connectivity index (χ1n) is 6.24. The van der Waals surface area contributed by atoms with Crippen LogP contribution in [0.5, 0.6) is 0 Å². The van der Waals surface area contributed by atoms with E-state index in [1.807, 2.05) is 30.8 Å². The molecule has 1 aliphatic heterocycles. The van der Waals surface area contributed by atoms with Gasteiger partial charge in [0.2, 0.25) is 0 Å². The fourth-order valence-corrected chi connectivity index (χ4v) is 3.15. The van der Waals surface area contributed by atoms with Crippen LogP contribution >= 0.6 is 11.8 Å². The zero-order valence-corrected chi connectivity index (χ0v) is 11.1. The minimum Gasteiger partial charge on any atom is -0.389 e. The van der Waals surface area contributed by atoms with Crippen LogP contribution < -0.4 is 0 Å². The molecule has 1 saturated heterocycles. The molecule has 1 aromatic rings. The van der Waals surface area contributed by atoms with Gasteiger partial charge in [0.05, 0.1) is 6.10 Å². The number of benzene rings is 1. The van der Waals surface area contributed by atoms with Crippen molar-refractivity contribution in [2.24, 2.45) is 5.92 Å². The molecule has 0 spiro atoms. The number of aliphatic hydroxyl groups excluding tert-OH is 1. The summed E-state index contributed by atoms with van der Waals surface area (Å²) in [6, 6.07) is 8.21. The highest BCUT2D eigenvalue weighted by molar-refractivity contribution is 7.99. The summed E-state index contributed by atoms with van der Waals surface area (Å²) in [5, 5.41) is 9.54. The Bertz CT molecular complexity index is 346. The molecule has 2 nitrogen and oxygen atoms in total. The van der Waals surface area contributed by atoms with Crippen LogP contribution in [0, 0.1) is 5.92 Å². The fraction of sp³-hybridized carbons (Fsp3) is 0.571. The Morgan fingerprint density at radius 2 is 2.18 bits per heavy atom. The van der Waals surface area contributed by atoms with Crippen LogP contribution in [0.4, 0.5) is 0 Å². The fourth-order valence-electron chi connectivity index (χ4n) is 1.99. The molecule has 1 unspecified atom stereocenters. The van der Waals surface area contributed by atoms with E-state index in [9.17, 15) is 5.11 Å². The molecule has 1 heterocycles. The second-order valence-corrected chi connectivity index (χ2v) is 5.71. The Balaban J connectivity index is 1.87. The highest BCUT2D eigenvalue weighted by atomic mass is 32.2. The van der Waals surface area contributed by atoms with Gasteiger partial charge in [0.15, 0.2) is 0 Å². The van der Waals surface area contributed by atoms with Gasteiger partial charge < -0.3 is 9.84 Å². The number of rotatable bonds is 4. The summed E-state index contributed by atoms with van der Waals surface area (Å²) in [7, 11) is 0. The van der Waals surface area contributed by atoms with Crippen molar-refractivity contribution < 1.29 is 9.84 Å². The second-order valence-electron chi connectivity index (χ2n) is 4.62. The van der Waals surface area contributed by atoms with Gasteiger partial charge in [-0.05, 0) is 43.4 Å². The maximum Gasteiger partial charge on any atom is 0.0762 e. The third-order valence-electron chi connectivity index (χ3n) is 3.17. The first-order chi connectivity index (χ1) is 8.25. The lowest BCUT2D eigenvalue weighted by molar-refractivity contribution is 0.0728. The molecule has 1 N–H and O–H groups in total. The summed E-state index contributed by atoms with van der Waals surface area (Å²) >= 11 is 1.89. The van der Waals surface area contributed by atoms with Crippen molar-refractivity contribution in [1.29, 1.82) is 0 Å². The molecule has 3 heteroatoms. The van der Waals surface area contributed by atoms with E-state index in [0.717, 1.165) is 30.4 Å². The molecule has 17 heavy (non-hydrogen) atoms. The van der Waals surface area contributed by atoms with Gasteiger partial charge in [-0.1, -0.05) is 12.1 Å². The van der Waals surface area contributed by atoms with Crippen molar-refractivity contribution in [1.82, 2.24) is 0 Å². The van der Waals surface area contributed by atoms with E-state index in [2.05, 4.69) is 12.1 Å². The molecular formula is C14H20O2S. The second kappa shape index (κ2) is 6.43. The first kappa shape index (κ1) is 12.9. The minimum atomic E-state index is -0.376. The zero-order chi connectivity index (χ0) is 12.1. The van der Waals surface area contributed by atoms with Crippen molar-refractivity contribution in [2.75, 3.05) is 19.0 Å². The van der Waals surface area contributed by atoms with Gasteiger partial charge in [-0.2, -0.15) is 0 Å². The molecule has 0 radical (unpaired) electrons. The first-order valence-corrected chi connectivity index (χ1v) is 7.23. The van der Waals surface area contributed by atoms with E-state index in [-0.39, 0.29) is 6.10 Å². The summed E-state index contributed by atoms with van der Waals surface area (Å²) < 4.78 is 5.36. The molecule has 0 amide bonds. The summed E-state index contributed by atoms with van der Waals surface area (Å²) in [4.78, 5) is 1.26. The number of hydrogen-bond donors (Lipinski definition) is 1. The van der Waals surface area contributed by atoms with Gasteiger partial charge in [-0.15, -0.1) is 11.8 Å². The maximum absolute atomic E-state index is 9.54. The van der Waals surface area contributed by atoms with Crippen molar-refractivity contribution >= 4 is 11.8 Å². The topological polar surface area (TPSA) is 29.5 Å². The van der Waals surface area contributed by atoms with E-state index < -0.39 is 0 Å². The molecule has 0 aliphatic carbocycles. The molecule has 1 atom stereocenters. The minimum absolute atomic E-state index is 0.376. The lowest BCUT2D eigenvalue weighted by Crippen LogP contribution is -2.17. The highest BCUT2D eigenvalue weighted by Gasteiger charge is 2.14. The highest BCUT2D eigenvalue weighted by Crippen LogP contribution is 2.27.